The number of aliphatic hydroxyl groups excluding tert-OH is 1. The number of hydrogen-bond acceptors (Lipinski definition) is 7. The molecule has 2 amide bonds. The topological polar surface area (TPSA) is 111 Å². The number of likely N-dealkylation sites (tertiary alicyclic amines) is 1. The fraction of sp³-hybridized carbons (Fsp3) is 0.407. The van der Waals surface area contributed by atoms with E-state index in [0.717, 1.165) is 39.6 Å². The second kappa shape index (κ2) is 10.2. The Bertz CT molecular complexity index is 1300. The third-order valence-corrected chi connectivity index (χ3v) is 7.62. The van der Waals surface area contributed by atoms with Gasteiger partial charge in [0.1, 0.15) is 21.8 Å². The molecule has 2 heterocycles. The first-order valence-corrected chi connectivity index (χ1v) is 13.1. The molecule has 36 heavy (non-hydrogen) atoms. The molecule has 2 N–H and O–H groups in total. The summed E-state index contributed by atoms with van der Waals surface area (Å²) < 4.78 is 5.81. The van der Waals surface area contributed by atoms with Crippen LogP contribution in [0.15, 0.2) is 47.8 Å². The highest BCUT2D eigenvalue weighted by atomic mass is 32.1. The van der Waals surface area contributed by atoms with E-state index in [2.05, 4.69) is 39.8 Å². The summed E-state index contributed by atoms with van der Waals surface area (Å²) in [4.78, 5) is 14.1. The molecule has 5 rings (SSSR count). The highest BCUT2D eigenvalue weighted by molar-refractivity contribution is 7.15. The number of carbonyl (C=O) groups excluding carboxylic acids is 1. The van der Waals surface area contributed by atoms with Crippen molar-refractivity contribution < 1.29 is 14.6 Å². The first-order valence-electron chi connectivity index (χ1n) is 12.3. The van der Waals surface area contributed by atoms with Crippen LogP contribution in [0.3, 0.4) is 0 Å². The van der Waals surface area contributed by atoms with Gasteiger partial charge in [-0.25, -0.2) is 4.79 Å². The van der Waals surface area contributed by atoms with Crippen LogP contribution in [0.1, 0.15) is 55.3 Å². The van der Waals surface area contributed by atoms with E-state index in [9.17, 15) is 15.2 Å². The Morgan fingerprint density at radius 3 is 2.81 bits per heavy atom. The van der Waals surface area contributed by atoms with Crippen LogP contribution in [-0.4, -0.2) is 51.5 Å². The zero-order valence-electron chi connectivity index (χ0n) is 20.4. The van der Waals surface area contributed by atoms with Gasteiger partial charge < -0.3 is 20.1 Å². The molecule has 0 spiro atoms. The maximum Gasteiger partial charge on any atom is 0.318 e. The minimum Gasteiger partial charge on any atom is -0.490 e. The number of allylic oxidation sites excluding steroid dienone is 5. The maximum absolute atomic E-state index is 12.5. The molecular formula is C27H29N5O3S. The van der Waals surface area contributed by atoms with Crippen LogP contribution in [0.4, 0.5) is 4.79 Å². The number of nitrogens with one attached hydrogen (secondary N) is 1. The average molecular weight is 504 g/mol. The van der Waals surface area contributed by atoms with Crippen molar-refractivity contribution in [3.63, 3.8) is 0 Å². The van der Waals surface area contributed by atoms with Crippen molar-refractivity contribution in [3.8, 4) is 16.6 Å². The van der Waals surface area contributed by atoms with Gasteiger partial charge in [-0.3, -0.25) is 0 Å². The van der Waals surface area contributed by atoms with E-state index in [-0.39, 0.29) is 18.2 Å². The van der Waals surface area contributed by atoms with Gasteiger partial charge in [0.05, 0.1) is 36.9 Å². The van der Waals surface area contributed by atoms with Crippen molar-refractivity contribution in [3.05, 3.63) is 63.9 Å². The zero-order valence-corrected chi connectivity index (χ0v) is 21.2. The lowest BCUT2D eigenvalue weighted by atomic mass is 10.0. The van der Waals surface area contributed by atoms with Crippen molar-refractivity contribution in [1.82, 2.24) is 20.4 Å². The Morgan fingerprint density at radius 2 is 2.06 bits per heavy atom. The van der Waals surface area contributed by atoms with Gasteiger partial charge in [0.2, 0.25) is 0 Å². The summed E-state index contributed by atoms with van der Waals surface area (Å²) in [6.45, 7) is 4.68. The SMILES string of the molecule is CC(C)OC1=C/C/C=C(/c2nnc(-c3cccc4c3CC[C@H]4NC(=O)N3CC(O)C3)s2)C/C=C\1C#N. The Balaban J connectivity index is 1.34. The monoisotopic (exact) mass is 503 g/mol. The van der Waals surface area contributed by atoms with Gasteiger partial charge in [0, 0.05) is 5.56 Å². The number of carbonyl (C=O) groups is 1. The van der Waals surface area contributed by atoms with E-state index < -0.39 is 6.10 Å². The van der Waals surface area contributed by atoms with Gasteiger partial charge in [0.25, 0.3) is 0 Å². The molecule has 0 unspecified atom stereocenters. The van der Waals surface area contributed by atoms with Crippen LogP contribution >= 0.6 is 11.3 Å². The summed E-state index contributed by atoms with van der Waals surface area (Å²) in [5.41, 5.74) is 4.96. The molecule has 1 saturated heterocycles. The zero-order chi connectivity index (χ0) is 25.2. The first kappa shape index (κ1) is 24.2. The van der Waals surface area contributed by atoms with E-state index in [1.165, 1.54) is 5.56 Å². The third kappa shape index (κ3) is 4.92. The molecule has 2 aliphatic carbocycles. The number of nitrogens with zero attached hydrogens (tertiary/aromatic N) is 4. The van der Waals surface area contributed by atoms with Crippen LogP contribution in [0, 0.1) is 11.3 Å². The molecule has 1 atom stereocenters. The van der Waals surface area contributed by atoms with Crippen molar-refractivity contribution in [1.29, 1.82) is 5.26 Å². The number of aromatic nitrogens is 2. The van der Waals surface area contributed by atoms with Crippen LogP contribution < -0.4 is 5.32 Å². The molecular weight excluding hydrogens is 474 g/mol. The highest BCUT2D eigenvalue weighted by Crippen LogP contribution is 2.40. The molecule has 0 bridgehead atoms. The predicted octanol–water partition coefficient (Wildman–Crippen LogP) is 4.51. The second-order valence-corrected chi connectivity index (χ2v) is 10.5. The second-order valence-electron chi connectivity index (χ2n) is 9.52. The summed E-state index contributed by atoms with van der Waals surface area (Å²) in [6.07, 6.45) is 8.47. The lowest BCUT2D eigenvalue weighted by Gasteiger charge is -2.36. The van der Waals surface area contributed by atoms with Crippen LogP contribution in [0.5, 0.6) is 0 Å². The lowest BCUT2D eigenvalue weighted by Crippen LogP contribution is -2.57. The normalized spacial score (nSPS) is 24.1. The van der Waals surface area contributed by atoms with E-state index >= 15 is 0 Å². The number of amides is 2. The summed E-state index contributed by atoms with van der Waals surface area (Å²) >= 11 is 1.55. The van der Waals surface area contributed by atoms with Crippen molar-refractivity contribution in [2.24, 2.45) is 0 Å². The number of nitriles is 1. The quantitative estimate of drug-likeness (QED) is 0.621. The molecule has 3 aliphatic rings. The van der Waals surface area contributed by atoms with E-state index in [1.807, 2.05) is 32.1 Å². The Kier molecular flexibility index (Phi) is 6.90. The largest absolute Gasteiger partial charge is 0.490 e. The summed E-state index contributed by atoms with van der Waals surface area (Å²) in [6, 6.07) is 8.22. The summed E-state index contributed by atoms with van der Waals surface area (Å²) in [5.74, 6) is 0.632. The van der Waals surface area contributed by atoms with Gasteiger partial charge in [0.15, 0.2) is 0 Å². The van der Waals surface area contributed by atoms with Gasteiger partial charge in [-0.15, -0.1) is 10.2 Å². The Morgan fingerprint density at radius 1 is 1.25 bits per heavy atom. The van der Waals surface area contributed by atoms with Crippen molar-refractivity contribution >= 4 is 22.9 Å². The average Bonchev–Trinajstić information content (AvgIpc) is 3.46. The molecule has 1 fully saturated rings. The van der Waals surface area contributed by atoms with Crippen molar-refractivity contribution in [2.45, 2.75) is 57.8 Å². The molecule has 186 valence electrons. The van der Waals surface area contributed by atoms with E-state index in [4.69, 9.17) is 4.74 Å². The van der Waals surface area contributed by atoms with Gasteiger partial charge in [-0.1, -0.05) is 41.7 Å². The van der Waals surface area contributed by atoms with E-state index in [1.54, 1.807) is 16.2 Å². The number of β-amino-alcohol motifs (C(OH)–C–C–N with tert-alkyl or cyclic N) is 1. The van der Waals surface area contributed by atoms with Gasteiger partial charge in [-0.2, -0.15) is 5.26 Å². The number of fused-ring (bicyclic) bond motifs is 1. The lowest BCUT2D eigenvalue weighted by molar-refractivity contribution is 0.0257. The van der Waals surface area contributed by atoms with Crippen LogP contribution in [-0.2, 0) is 11.2 Å². The highest BCUT2D eigenvalue weighted by Gasteiger charge is 2.33. The number of rotatable bonds is 5. The fourth-order valence-electron chi connectivity index (χ4n) is 4.78. The van der Waals surface area contributed by atoms with Crippen molar-refractivity contribution in [2.75, 3.05) is 13.1 Å². The number of urea groups is 1. The molecule has 0 saturated carbocycles. The van der Waals surface area contributed by atoms with E-state index in [0.29, 0.717) is 37.3 Å². The molecule has 1 aliphatic heterocycles. The fourth-order valence-corrected chi connectivity index (χ4v) is 5.73. The molecule has 2 aromatic rings. The van der Waals surface area contributed by atoms with Gasteiger partial charge >= 0.3 is 6.03 Å². The molecule has 0 radical (unpaired) electrons. The minimum atomic E-state index is -0.411. The smallest absolute Gasteiger partial charge is 0.318 e. The summed E-state index contributed by atoms with van der Waals surface area (Å²) in [5, 5.41) is 32.9. The standard InChI is InChI=1S/C27H29N5O3S/c1-16(2)35-24-8-3-5-17(9-10-18(24)13-28)25-30-31-26(36-25)22-7-4-6-21-20(22)11-12-23(21)29-27(34)32-14-19(33)15-32/h4-8,10,16,19,23,33H,3,9,11-12,14-15H2,1-2H3,(H,29,34)/b17-5+,18-10-,24-8+/t23-/m1/s1. The Labute approximate surface area is 214 Å². The molecule has 8 nitrogen and oxygen atoms in total. The van der Waals surface area contributed by atoms with Crippen LogP contribution in [0.25, 0.3) is 16.1 Å². The molecule has 1 aromatic carbocycles. The number of ether oxygens (including phenoxy) is 1. The predicted molar refractivity (Wildman–Crippen MR) is 138 cm³/mol. The molecule has 9 heteroatoms. The first-order chi connectivity index (χ1) is 17.4. The minimum absolute atomic E-state index is 0.00531. The number of aliphatic hydroxyl groups is 1. The Hall–Kier alpha value is -3.48. The number of hydrogen-bond donors (Lipinski definition) is 2. The van der Waals surface area contributed by atoms with Gasteiger partial charge in [-0.05, 0) is 62.3 Å². The number of benzene rings is 1. The van der Waals surface area contributed by atoms with Crippen LogP contribution in [0.2, 0.25) is 0 Å². The summed E-state index contributed by atoms with van der Waals surface area (Å²) in [7, 11) is 0. The molecule has 1 aromatic heterocycles. The maximum atomic E-state index is 12.5. The third-order valence-electron chi connectivity index (χ3n) is 6.59.